The summed E-state index contributed by atoms with van der Waals surface area (Å²) < 4.78 is 0. The van der Waals surface area contributed by atoms with Crippen LogP contribution < -0.4 is 15.5 Å². The molecule has 1 amide bonds. The van der Waals surface area contributed by atoms with E-state index in [4.69, 9.17) is 9.97 Å². The molecule has 1 aliphatic carbocycles. The van der Waals surface area contributed by atoms with Crippen molar-refractivity contribution in [3.63, 3.8) is 0 Å². The van der Waals surface area contributed by atoms with Gasteiger partial charge in [-0.3, -0.25) is 4.79 Å². The van der Waals surface area contributed by atoms with Crippen LogP contribution in [0.2, 0.25) is 0 Å². The van der Waals surface area contributed by atoms with Crippen molar-refractivity contribution in [1.29, 1.82) is 0 Å². The minimum Gasteiger partial charge on any atom is -0.362 e. The molecule has 164 valence electrons. The lowest BCUT2D eigenvalue weighted by atomic mass is 9.91. The molecule has 0 atom stereocenters. The maximum Gasteiger partial charge on any atom is 0.253 e. The Labute approximate surface area is 187 Å². The summed E-state index contributed by atoms with van der Waals surface area (Å²) in [6.45, 7) is 0. The highest BCUT2D eigenvalue weighted by molar-refractivity contribution is 6.06. The third kappa shape index (κ3) is 3.98. The van der Waals surface area contributed by atoms with Gasteiger partial charge in [0.1, 0.15) is 5.82 Å². The van der Waals surface area contributed by atoms with Gasteiger partial charge in [0.25, 0.3) is 5.91 Å². The monoisotopic (exact) mass is 428 g/mol. The fraction of sp³-hybridized carbons (Fsp3) is 0.320. The van der Waals surface area contributed by atoms with E-state index in [0.29, 0.717) is 17.6 Å². The normalized spacial score (nSPS) is 18.6. The molecule has 0 unspecified atom stereocenters. The number of carbonyl (C=O) groups is 1. The average Bonchev–Trinajstić information content (AvgIpc) is 3.24. The second-order valence-corrected chi connectivity index (χ2v) is 8.70. The van der Waals surface area contributed by atoms with E-state index in [1.807, 2.05) is 61.5 Å². The molecule has 1 saturated carbocycles. The number of rotatable bonds is 5. The van der Waals surface area contributed by atoms with E-state index in [0.717, 1.165) is 53.3 Å². The Balaban J connectivity index is 1.22. The molecule has 1 aliphatic rings. The number of carbonyl (C=O) groups excluding carboxylic acids is 1. The van der Waals surface area contributed by atoms with Gasteiger partial charge >= 0.3 is 0 Å². The van der Waals surface area contributed by atoms with Crippen LogP contribution in [0.25, 0.3) is 21.8 Å². The van der Waals surface area contributed by atoms with Crippen LogP contribution in [0.3, 0.4) is 0 Å². The van der Waals surface area contributed by atoms with E-state index in [2.05, 4.69) is 21.7 Å². The summed E-state index contributed by atoms with van der Waals surface area (Å²) in [7, 11) is 4.00. The lowest BCUT2D eigenvalue weighted by Gasteiger charge is -2.30. The maximum atomic E-state index is 12.8. The number of hydrogen-bond donors (Lipinski definition) is 3. The number of hydrogen-bond acceptors (Lipinski definition) is 5. The topological polar surface area (TPSA) is 85.9 Å². The summed E-state index contributed by atoms with van der Waals surface area (Å²) in [5.74, 6) is 1.57. The van der Waals surface area contributed by atoms with Gasteiger partial charge in [-0.05, 0) is 43.9 Å². The molecular weight excluding hydrogens is 400 g/mol. The zero-order valence-electron chi connectivity index (χ0n) is 18.4. The standard InChI is InChI=1S/C25H28N6O/c1-31(2)23-19-8-4-6-10-22(19)29-25(30-23)28-17-13-11-16(12-14-17)27-24(32)20-15-26-21-9-5-3-7-18(20)21/h3-10,15-17,26H,11-14H2,1-2H3,(H,27,32)(H,28,29,30). The van der Waals surface area contributed by atoms with Gasteiger partial charge in [0, 0.05) is 48.7 Å². The molecule has 0 spiro atoms. The lowest BCUT2D eigenvalue weighted by molar-refractivity contribution is 0.0928. The number of fused-ring (bicyclic) bond motifs is 2. The minimum atomic E-state index is -0.00709. The number of H-pyrrole nitrogens is 1. The van der Waals surface area contributed by atoms with E-state index in [9.17, 15) is 4.79 Å². The van der Waals surface area contributed by atoms with Crippen molar-refractivity contribution >= 4 is 39.5 Å². The number of nitrogens with one attached hydrogen (secondary N) is 3. The molecule has 2 aromatic heterocycles. The highest BCUT2D eigenvalue weighted by Gasteiger charge is 2.24. The molecule has 5 rings (SSSR count). The Hall–Kier alpha value is -3.61. The van der Waals surface area contributed by atoms with Gasteiger partial charge in [-0.25, -0.2) is 4.98 Å². The molecule has 2 heterocycles. The van der Waals surface area contributed by atoms with Crippen LogP contribution in [-0.2, 0) is 0 Å². The molecule has 2 aromatic carbocycles. The van der Waals surface area contributed by atoms with Crippen LogP contribution >= 0.6 is 0 Å². The van der Waals surface area contributed by atoms with Gasteiger partial charge in [-0.1, -0.05) is 30.3 Å². The second kappa shape index (κ2) is 8.49. The van der Waals surface area contributed by atoms with Gasteiger partial charge in [-0.15, -0.1) is 0 Å². The number of anilines is 2. The molecule has 0 saturated heterocycles. The number of para-hydroxylation sites is 2. The van der Waals surface area contributed by atoms with Crippen molar-refractivity contribution in [2.45, 2.75) is 37.8 Å². The van der Waals surface area contributed by atoms with Gasteiger partial charge in [0.2, 0.25) is 5.95 Å². The van der Waals surface area contributed by atoms with E-state index < -0.39 is 0 Å². The van der Waals surface area contributed by atoms with Crippen molar-refractivity contribution in [2.24, 2.45) is 0 Å². The summed E-state index contributed by atoms with van der Waals surface area (Å²) in [5.41, 5.74) is 2.63. The molecule has 7 heteroatoms. The molecule has 4 aromatic rings. The molecule has 0 bridgehead atoms. The predicted molar refractivity (Wildman–Crippen MR) is 129 cm³/mol. The zero-order valence-corrected chi connectivity index (χ0v) is 18.4. The summed E-state index contributed by atoms with van der Waals surface area (Å²) in [5, 5.41) is 8.76. The fourth-order valence-corrected chi connectivity index (χ4v) is 4.55. The van der Waals surface area contributed by atoms with Crippen molar-refractivity contribution in [3.05, 3.63) is 60.3 Å². The summed E-state index contributed by atoms with van der Waals surface area (Å²) in [6.07, 6.45) is 5.59. The van der Waals surface area contributed by atoms with E-state index in [1.165, 1.54) is 0 Å². The predicted octanol–water partition coefficient (Wildman–Crippen LogP) is 4.33. The number of benzene rings is 2. The first-order chi connectivity index (χ1) is 15.6. The highest BCUT2D eigenvalue weighted by Crippen LogP contribution is 2.27. The van der Waals surface area contributed by atoms with Crippen LogP contribution in [0.15, 0.2) is 54.7 Å². The van der Waals surface area contributed by atoms with Crippen LogP contribution in [0, 0.1) is 0 Å². The Morgan fingerprint density at radius 3 is 2.41 bits per heavy atom. The van der Waals surface area contributed by atoms with Crippen LogP contribution in [-0.4, -0.2) is 47.0 Å². The molecule has 32 heavy (non-hydrogen) atoms. The van der Waals surface area contributed by atoms with Crippen molar-refractivity contribution in [1.82, 2.24) is 20.3 Å². The SMILES string of the molecule is CN(C)c1nc(NC2CCC(NC(=O)c3c[nH]c4ccccc34)CC2)nc2ccccc12. The Kier molecular flexibility index (Phi) is 5.39. The Bertz CT molecular complexity index is 1260. The smallest absolute Gasteiger partial charge is 0.253 e. The van der Waals surface area contributed by atoms with Gasteiger partial charge in [-0.2, -0.15) is 4.98 Å². The van der Waals surface area contributed by atoms with Crippen molar-refractivity contribution in [2.75, 3.05) is 24.3 Å². The zero-order chi connectivity index (χ0) is 22.1. The summed E-state index contributed by atoms with van der Waals surface area (Å²) in [6, 6.07) is 16.5. The molecule has 1 fully saturated rings. The molecule has 7 nitrogen and oxygen atoms in total. The lowest BCUT2D eigenvalue weighted by Crippen LogP contribution is -2.40. The summed E-state index contributed by atoms with van der Waals surface area (Å²) >= 11 is 0. The van der Waals surface area contributed by atoms with E-state index >= 15 is 0 Å². The first kappa shape index (κ1) is 20.3. The quantitative estimate of drug-likeness (QED) is 0.441. The fourth-order valence-electron chi connectivity index (χ4n) is 4.55. The molecule has 0 radical (unpaired) electrons. The maximum absolute atomic E-state index is 12.8. The van der Waals surface area contributed by atoms with Gasteiger partial charge in [0.15, 0.2) is 0 Å². The number of aromatic amines is 1. The first-order valence-corrected chi connectivity index (χ1v) is 11.2. The van der Waals surface area contributed by atoms with Gasteiger partial charge < -0.3 is 20.5 Å². The van der Waals surface area contributed by atoms with Crippen LogP contribution in [0.4, 0.5) is 11.8 Å². The first-order valence-electron chi connectivity index (χ1n) is 11.2. The minimum absolute atomic E-state index is 0.00709. The molecule has 3 N–H and O–H groups in total. The average molecular weight is 429 g/mol. The van der Waals surface area contributed by atoms with Crippen molar-refractivity contribution in [3.8, 4) is 0 Å². The second-order valence-electron chi connectivity index (χ2n) is 8.70. The summed E-state index contributed by atoms with van der Waals surface area (Å²) in [4.78, 5) is 27.5. The highest BCUT2D eigenvalue weighted by atomic mass is 16.1. The number of amides is 1. The third-order valence-corrected chi connectivity index (χ3v) is 6.24. The largest absolute Gasteiger partial charge is 0.362 e. The van der Waals surface area contributed by atoms with Gasteiger partial charge in [0.05, 0.1) is 11.1 Å². The third-order valence-electron chi connectivity index (χ3n) is 6.24. The number of aromatic nitrogens is 3. The number of nitrogens with zero attached hydrogens (tertiary/aromatic N) is 3. The Morgan fingerprint density at radius 1 is 0.938 bits per heavy atom. The van der Waals surface area contributed by atoms with E-state index in [1.54, 1.807) is 6.20 Å². The van der Waals surface area contributed by atoms with Crippen molar-refractivity contribution < 1.29 is 4.79 Å². The molecule has 0 aliphatic heterocycles. The van der Waals surface area contributed by atoms with Crippen LogP contribution in [0.1, 0.15) is 36.0 Å². The molecular formula is C25H28N6O. The van der Waals surface area contributed by atoms with Crippen LogP contribution in [0.5, 0.6) is 0 Å². The van der Waals surface area contributed by atoms with E-state index in [-0.39, 0.29) is 11.9 Å². The Morgan fingerprint density at radius 2 is 1.62 bits per heavy atom.